The average Bonchev–Trinajstić information content (AvgIpc) is 2.62. The standard InChI is InChI=1S/C19H20IN3O2S/c20-16-8-4-7-15(13-16)18(25)22-19(26)23(12-10-17(21)24)11-9-14-5-2-1-3-6-14/h1-8,13H,9-12H2,(H2,21,24)(H,22,25,26). The molecule has 0 atom stereocenters. The van der Waals surface area contributed by atoms with Crippen LogP contribution in [0, 0.1) is 3.57 Å². The van der Waals surface area contributed by atoms with Crippen molar-refractivity contribution >= 4 is 51.7 Å². The van der Waals surface area contributed by atoms with Gasteiger partial charge in [-0.2, -0.15) is 0 Å². The van der Waals surface area contributed by atoms with Crippen LogP contribution in [0.4, 0.5) is 0 Å². The van der Waals surface area contributed by atoms with E-state index in [1.165, 1.54) is 0 Å². The molecular weight excluding hydrogens is 461 g/mol. The first-order valence-corrected chi connectivity index (χ1v) is 9.62. The van der Waals surface area contributed by atoms with E-state index >= 15 is 0 Å². The normalized spacial score (nSPS) is 10.2. The minimum Gasteiger partial charge on any atom is -0.370 e. The van der Waals surface area contributed by atoms with Crippen molar-refractivity contribution in [2.75, 3.05) is 13.1 Å². The highest BCUT2D eigenvalue weighted by atomic mass is 127. The second-order valence-corrected chi connectivity index (χ2v) is 7.34. The molecule has 0 aliphatic carbocycles. The monoisotopic (exact) mass is 481 g/mol. The summed E-state index contributed by atoms with van der Waals surface area (Å²) in [6.45, 7) is 0.955. The molecule has 0 aliphatic heterocycles. The fourth-order valence-corrected chi connectivity index (χ4v) is 3.17. The van der Waals surface area contributed by atoms with E-state index in [-0.39, 0.29) is 12.3 Å². The zero-order valence-corrected chi connectivity index (χ0v) is 17.1. The Morgan fingerprint density at radius 2 is 1.81 bits per heavy atom. The number of nitrogens with one attached hydrogen (secondary N) is 1. The van der Waals surface area contributed by atoms with Gasteiger partial charge in [-0.15, -0.1) is 0 Å². The van der Waals surface area contributed by atoms with Crippen molar-refractivity contribution in [1.82, 2.24) is 10.2 Å². The number of amides is 2. The molecule has 0 aromatic heterocycles. The van der Waals surface area contributed by atoms with Crippen LogP contribution >= 0.6 is 34.8 Å². The number of nitrogens with zero attached hydrogens (tertiary/aromatic N) is 1. The lowest BCUT2D eigenvalue weighted by atomic mass is 10.1. The van der Waals surface area contributed by atoms with Gasteiger partial charge < -0.3 is 10.6 Å². The molecule has 7 heteroatoms. The second-order valence-electron chi connectivity index (χ2n) is 5.71. The summed E-state index contributed by atoms with van der Waals surface area (Å²) < 4.78 is 0.968. The van der Waals surface area contributed by atoms with Crippen LogP contribution in [0.1, 0.15) is 22.3 Å². The predicted octanol–water partition coefficient (Wildman–Crippen LogP) is 2.73. The Bertz CT molecular complexity index is 783. The molecule has 0 saturated carbocycles. The lowest BCUT2D eigenvalue weighted by Gasteiger charge is -2.25. The highest BCUT2D eigenvalue weighted by Crippen LogP contribution is 2.08. The summed E-state index contributed by atoms with van der Waals surface area (Å²) in [6, 6.07) is 17.2. The maximum Gasteiger partial charge on any atom is 0.257 e. The lowest BCUT2D eigenvalue weighted by Crippen LogP contribution is -2.44. The van der Waals surface area contributed by atoms with Crippen molar-refractivity contribution in [2.45, 2.75) is 12.8 Å². The molecule has 3 N–H and O–H groups in total. The van der Waals surface area contributed by atoms with E-state index in [1.54, 1.807) is 17.0 Å². The van der Waals surface area contributed by atoms with Crippen molar-refractivity contribution in [1.29, 1.82) is 0 Å². The van der Waals surface area contributed by atoms with Crippen molar-refractivity contribution in [3.63, 3.8) is 0 Å². The number of benzene rings is 2. The van der Waals surface area contributed by atoms with Crippen molar-refractivity contribution < 1.29 is 9.59 Å². The summed E-state index contributed by atoms with van der Waals surface area (Å²) in [7, 11) is 0. The Balaban J connectivity index is 2.01. The van der Waals surface area contributed by atoms with E-state index in [0.717, 1.165) is 15.6 Å². The summed E-state index contributed by atoms with van der Waals surface area (Å²) >= 11 is 7.54. The SMILES string of the molecule is NC(=O)CCN(CCc1ccccc1)C(=S)NC(=O)c1cccc(I)c1. The highest BCUT2D eigenvalue weighted by Gasteiger charge is 2.15. The molecule has 2 aromatic carbocycles. The van der Waals surface area contributed by atoms with Gasteiger partial charge in [-0.1, -0.05) is 36.4 Å². The maximum atomic E-state index is 12.4. The van der Waals surface area contributed by atoms with Gasteiger partial charge in [-0.05, 0) is 65.0 Å². The van der Waals surface area contributed by atoms with Gasteiger partial charge >= 0.3 is 0 Å². The van der Waals surface area contributed by atoms with Crippen LogP contribution in [0.15, 0.2) is 54.6 Å². The second kappa shape index (κ2) is 10.2. The Hall–Kier alpha value is -2.00. The Morgan fingerprint density at radius 1 is 1.08 bits per heavy atom. The number of primary amides is 1. The third-order valence-corrected chi connectivity index (χ3v) is 4.77. The van der Waals surface area contributed by atoms with Crippen LogP contribution in [-0.2, 0) is 11.2 Å². The summed E-state index contributed by atoms with van der Waals surface area (Å²) in [5.41, 5.74) is 6.95. The van der Waals surface area contributed by atoms with Gasteiger partial charge in [0, 0.05) is 28.6 Å². The van der Waals surface area contributed by atoms with E-state index in [2.05, 4.69) is 27.9 Å². The maximum absolute atomic E-state index is 12.4. The Morgan fingerprint density at radius 3 is 2.46 bits per heavy atom. The molecule has 0 radical (unpaired) electrons. The van der Waals surface area contributed by atoms with Crippen LogP contribution in [0.5, 0.6) is 0 Å². The average molecular weight is 481 g/mol. The number of hydrogen-bond acceptors (Lipinski definition) is 3. The number of halogens is 1. The van der Waals surface area contributed by atoms with Crippen molar-refractivity contribution in [3.8, 4) is 0 Å². The van der Waals surface area contributed by atoms with Gasteiger partial charge in [0.15, 0.2) is 5.11 Å². The smallest absolute Gasteiger partial charge is 0.257 e. The molecule has 2 aromatic rings. The van der Waals surface area contributed by atoms with Gasteiger partial charge in [0.05, 0.1) is 0 Å². The molecule has 0 saturated heterocycles. The van der Waals surface area contributed by atoms with Crippen LogP contribution < -0.4 is 11.1 Å². The van der Waals surface area contributed by atoms with Gasteiger partial charge in [0.1, 0.15) is 0 Å². The number of hydrogen-bond donors (Lipinski definition) is 2. The third-order valence-electron chi connectivity index (χ3n) is 3.74. The minimum atomic E-state index is -0.401. The Kier molecular flexibility index (Phi) is 7.99. The third kappa shape index (κ3) is 6.72. The molecule has 0 unspecified atom stereocenters. The molecule has 0 bridgehead atoms. The van der Waals surface area contributed by atoms with Crippen molar-refractivity contribution in [3.05, 3.63) is 69.3 Å². The van der Waals surface area contributed by atoms with Gasteiger partial charge in [-0.3, -0.25) is 14.9 Å². The number of carbonyl (C=O) groups excluding carboxylic acids is 2. The van der Waals surface area contributed by atoms with Gasteiger partial charge in [0.25, 0.3) is 5.91 Å². The first kappa shape index (κ1) is 20.3. The molecule has 0 fully saturated rings. The van der Waals surface area contributed by atoms with E-state index in [9.17, 15) is 9.59 Å². The molecule has 2 rings (SSSR count). The molecule has 0 aliphatic rings. The van der Waals surface area contributed by atoms with Gasteiger partial charge in [-0.25, -0.2) is 0 Å². The largest absolute Gasteiger partial charge is 0.370 e. The summed E-state index contributed by atoms with van der Waals surface area (Å²) in [5, 5.41) is 3.04. The van der Waals surface area contributed by atoms with Crippen LogP contribution in [-0.4, -0.2) is 34.9 Å². The van der Waals surface area contributed by atoms with Crippen LogP contribution in [0.2, 0.25) is 0 Å². The fourth-order valence-electron chi connectivity index (χ4n) is 2.35. The predicted molar refractivity (Wildman–Crippen MR) is 115 cm³/mol. The van der Waals surface area contributed by atoms with Crippen LogP contribution in [0.25, 0.3) is 0 Å². The minimum absolute atomic E-state index is 0.175. The van der Waals surface area contributed by atoms with E-state index in [0.29, 0.717) is 23.8 Å². The number of carbonyl (C=O) groups is 2. The molecule has 0 spiro atoms. The quantitative estimate of drug-likeness (QED) is 0.471. The molecular formula is C19H20IN3O2S. The first-order chi connectivity index (χ1) is 12.5. The number of nitrogens with two attached hydrogens (primary N) is 1. The van der Waals surface area contributed by atoms with E-state index in [4.69, 9.17) is 18.0 Å². The lowest BCUT2D eigenvalue weighted by molar-refractivity contribution is -0.118. The van der Waals surface area contributed by atoms with E-state index in [1.807, 2.05) is 42.5 Å². The topological polar surface area (TPSA) is 75.4 Å². The number of rotatable bonds is 7. The number of thiocarbonyl (C=S) groups is 1. The van der Waals surface area contributed by atoms with Crippen LogP contribution in [0.3, 0.4) is 0 Å². The zero-order valence-electron chi connectivity index (χ0n) is 14.2. The summed E-state index contributed by atoms with van der Waals surface area (Å²) in [4.78, 5) is 25.4. The zero-order chi connectivity index (χ0) is 18.9. The van der Waals surface area contributed by atoms with Gasteiger partial charge in [0.2, 0.25) is 5.91 Å². The Labute approximate surface area is 172 Å². The molecule has 136 valence electrons. The molecule has 26 heavy (non-hydrogen) atoms. The first-order valence-electron chi connectivity index (χ1n) is 8.14. The highest BCUT2D eigenvalue weighted by molar-refractivity contribution is 14.1. The fraction of sp³-hybridized carbons (Fsp3) is 0.211. The van der Waals surface area contributed by atoms with E-state index < -0.39 is 5.91 Å². The summed E-state index contributed by atoms with van der Waals surface area (Å²) in [6.07, 6.45) is 0.923. The molecule has 2 amide bonds. The molecule has 0 heterocycles. The molecule has 5 nitrogen and oxygen atoms in total. The van der Waals surface area contributed by atoms with Crippen molar-refractivity contribution in [2.24, 2.45) is 5.73 Å². The summed E-state index contributed by atoms with van der Waals surface area (Å²) in [5.74, 6) is -0.668.